The molecule has 1 N–H and O–H groups in total. The van der Waals surface area contributed by atoms with Crippen LogP contribution in [0.4, 0.5) is 20.3 Å². The molecule has 0 aliphatic heterocycles. The van der Waals surface area contributed by atoms with Crippen LogP contribution in [0, 0.1) is 18.6 Å². The number of rotatable bonds is 5. The lowest BCUT2D eigenvalue weighted by Gasteiger charge is -2.11. The lowest BCUT2D eigenvalue weighted by molar-refractivity contribution is 0.372. The summed E-state index contributed by atoms with van der Waals surface area (Å²) in [5.74, 6) is -1.79. The number of fused-ring (bicyclic) bond motifs is 1. The van der Waals surface area contributed by atoms with Crippen LogP contribution < -0.4 is 10.1 Å². The second-order valence-corrected chi connectivity index (χ2v) is 7.96. The number of hydrogen-bond acceptors (Lipinski definition) is 5. The van der Waals surface area contributed by atoms with E-state index >= 15 is 0 Å². The molecule has 154 valence electrons. The molecule has 6 nitrogen and oxygen atoms in total. The number of benzene rings is 2. The molecule has 0 bridgehead atoms. The van der Waals surface area contributed by atoms with Crippen LogP contribution >= 0.6 is 0 Å². The lowest BCUT2D eigenvalue weighted by atomic mass is 10.1. The van der Waals surface area contributed by atoms with E-state index in [2.05, 4.69) is 15.3 Å². The first kappa shape index (κ1) is 20.0. The average Bonchev–Trinajstić information content (AvgIpc) is 3.15. The van der Waals surface area contributed by atoms with E-state index < -0.39 is 22.4 Å². The van der Waals surface area contributed by atoms with E-state index in [1.807, 2.05) is 13.0 Å². The maximum absolute atomic E-state index is 14.6. The summed E-state index contributed by atoms with van der Waals surface area (Å²) < 4.78 is 46.9. The number of nitrogens with one attached hydrogen (secondary N) is 1. The summed E-state index contributed by atoms with van der Waals surface area (Å²) in [4.78, 5) is 9.42. The second kappa shape index (κ2) is 7.83. The monoisotopic (exact) mass is 428 g/mol. The van der Waals surface area contributed by atoms with Crippen molar-refractivity contribution >= 4 is 28.0 Å². The normalized spacial score (nSPS) is 12.2. The van der Waals surface area contributed by atoms with Crippen LogP contribution in [-0.2, 0) is 10.8 Å². The molecule has 9 heteroatoms. The Kier molecular flexibility index (Phi) is 5.21. The predicted molar refractivity (Wildman–Crippen MR) is 112 cm³/mol. The van der Waals surface area contributed by atoms with Gasteiger partial charge in [-0.25, -0.2) is 14.4 Å². The third-order valence-corrected chi connectivity index (χ3v) is 5.80. The number of halogens is 2. The molecule has 0 aliphatic carbocycles. The minimum absolute atomic E-state index is 0.0589. The van der Waals surface area contributed by atoms with Gasteiger partial charge in [0, 0.05) is 34.8 Å². The van der Waals surface area contributed by atoms with Crippen molar-refractivity contribution in [3.05, 3.63) is 66.1 Å². The summed E-state index contributed by atoms with van der Waals surface area (Å²) in [7, 11) is 0.202. The molecule has 0 amide bonds. The Morgan fingerprint density at radius 1 is 1.13 bits per heavy atom. The van der Waals surface area contributed by atoms with E-state index in [9.17, 15) is 13.0 Å². The number of aromatic nitrogens is 3. The van der Waals surface area contributed by atoms with Crippen molar-refractivity contribution in [1.82, 2.24) is 14.4 Å². The summed E-state index contributed by atoms with van der Waals surface area (Å²) in [6.07, 6.45) is 6.26. The summed E-state index contributed by atoms with van der Waals surface area (Å²) >= 11 is 0. The van der Waals surface area contributed by atoms with Crippen molar-refractivity contribution in [1.29, 1.82) is 0 Å². The molecular weight excluding hydrogens is 410 g/mol. The van der Waals surface area contributed by atoms with Gasteiger partial charge in [-0.3, -0.25) is 8.61 Å². The highest BCUT2D eigenvalue weighted by Gasteiger charge is 2.19. The molecule has 4 aromatic rings. The maximum atomic E-state index is 14.6. The first-order valence-corrected chi connectivity index (χ1v) is 10.5. The first-order chi connectivity index (χ1) is 14.4. The lowest BCUT2D eigenvalue weighted by Crippen LogP contribution is -2.01. The molecule has 0 spiro atoms. The highest BCUT2D eigenvalue weighted by Crippen LogP contribution is 2.31. The van der Waals surface area contributed by atoms with Gasteiger partial charge in [0.05, 0.1) is 29.8 Å². The van der Waals surface area contributed by atoms with Gasteiger partial charge >= 0.3 is 0 Å². The van der Waals surface area contributed by atoms with Crippen LogP contribution in [0.25, 0.3) is 16.9 Å². The van der Waals surface area contributed by atoms with Gasteiger partial charge in [0.25, 0.3) is 0 Å². The zero-order valence-corrected chi connectivity index (χ0v) is 17.3. The fourth-order valence-corrected chi connectivity index (χ4v) is 4.05. The molecule has 0 saturated carbocycles. The SMILES string of the molecule is COc1ccc(-c2cnc3c(Nc4ccc([S@](C)=O)c(C)c4)nccn23)c(F)c1F. The van der Waals surface area contributed by atoms with Gasteiger partial charge in [0.1, 0.15) is 0 Å². The van der Waals surface area contributed by atoms with E-state index in [0.29, 0.717) is 17.2 Å². The van der Waals surface area contributed by atoms with Crippen LogP contribution in [-0.4, -0.2) is 31.9 Å². The topological polar surface area (TPSA) is 68.5 Å². The summed E-state index contributed by atoms with van der Waals surface area (Å²) in [6, 6.07) is 8.28. The quantitative estimate of drug-likeness (QED) is 0.508. The number of ether oxygens (including phenoxy) is 1. The molecule has 0 unspecified atom stereocenters. The van der Waals surface area contributed by atoms with Gasteiger partial charge in [-0.15, -0.1) is 0 Å². The molecule has 1 atom stereocenters. The Hall–Kier alpha value is -3.33. The minimum atomic E-state index is -1.08. The number of imidazole rings is 1. The van der Waals surface area contributed by atoms with Crippen LogP contribution in [0.5, 0.6) is 5.75 Å². The maximum Gasteiger partial charge on any atom is 0.201 e. The van der Waals surface area contributed by atoms with Crippen molar-refractivity contribution in [3.63, 3.8) is 0 Å². The minimum Gasteiger partial charge on any atom is -0.494 e. The Balaban J connectivity index is 1.76. The van der Waals surface area contributed by atoms with Crippen molar-refractivity contribution in [3.8, 4) is 17.0 Å². The molecule has 0 aliphatic rings. The predicted octanol–water partition coefficient (Wildman–Crippen LogP) is 4.47. The molecule has 0 radical (unpaired) electrons. The van der Waals surface area contributed by atoms with Gasteiger partial charge in [0.15, 0.2) is 23.0 Å². The van der Waals surface area contributed by atoms with E-state index in [1.165, 1.54) is 25.4 Å². The zero-order chi connectivity index (χ0) is 21.4. The number of hydrogen-bond donors (Lipinski definition) is 1. The second-order valence-electron chi connectivity index (χ2n) is 6.62. The number of nitrogens with zero attached hydrogens (tertiary/aromatic N) is 3. The van der Waals surface area contributed by atoms with Crippen molar-refractivity contribution < 1.29 is 17.7 Å². The zero-order valence-electron chi connectivity index (χ0n) is 16.4. The van der Waals surface area contributed by atoms with Crippen LogP contribution in [0.15, 0.2) is 53.8 Å². The fraction of sp³-hybridized carbons (Fsp3) is 0.143. The fourth-order valence-electron chi connectivity index (χ4n) is 3.28. The standard InChI is InChI=1S/C21H18F2N4O2S/c1-12-10-13(4-7-17(12)30(3)28)26-20-21-25-11-15(27(21)9-8-24-20)14-5-6-16(29-2)19(23)18(14)22/h4-11H,1-3H3,(H,24,26)/t30-/m0/s1. The van der Waals surface area contributed by atoms with E-state index in [-0.39, 0.29) is 11.3 Å². The molecule has 0 fully saturated rings. The highest BCUT2D eigenvalue weighted by atomic mass is 32.2. The van der Waals surface area contributed by atoms with E-state index in [0.717, 1.165) is 16.1 Å². The average molecular weight is 428 g/mol. The largest absolute Gasteiger partial charge is 0.494 e. The van der Waals surface area contributed by atoms with Crippen LogP contribution in [0.1, 0.15) is 5.56 Å². The smallest absolute Gasteiger partial charge is 0.201 e. The van der Waals surface area contributed by atoms with Gasteiger partial charge in [-0.05, 0) is 42.8 Å². The van der Waals surface area contributed by atoms with Gasteiger partial charge in [-0.1, -0.05) is 0 Å². The van der Waals surface area contributed by atoms with Crippen molar-refractivity contribution in [2.75, 3.05) is 18.7 Å². The third-order valence-electron chi connectivity index (χ3n) is 4.72. The Bertz CT molecular complexity index is 1290. The van der Waals surface area contributed by atoms with E-state index in [1.54, 1.807) is 35.2 Å². The van der Waals surface area contributed by atoms with Gasteiger partial charge in [0.2, 0.25) is 5.82 Å². The number of aryl methyl sites for hydroxylation is 1. The Labute approximate surface area is 174 Å². The molecule has 2 aromatic carbocycles. The Morgan fingerprint density at radius 2 is 1.93 bits per heavy atom. The summed E-state index contributed by atoms with van der Waals surface area (Å²) in [5, 5.41) is 3.18. The summed E-state index contributed by atoms with van der Waals surface area (Å²) in [6.45, 7) is 1.88. The molecule has 0 saturated heterocycles. The van der Waals surface area contributed by atoms with Crippen LogP contribution in [0.3, 0.4) is 0 Å². The molecule has 2 heterocycles. The van der Waals surface area contributed by atoms with Crippen LogP contribution in [0.2, 0.25) is 0 Å². The van der Waals surface area contributed by atoms with Crippen molar-refractivity contribution in [2.24, 2.45) is 0 Å². The first-order valence-electron chi connectivity index (χ1n) is 8.96. The molecule has 30 heavy (non-hydrogen) atoms. The number of methoxy groups -OCH3 is 1. The van der Waals surface area contributed by atoms with Gasteiger partial charge in [-0.2, -0.15) is 4.39 Å². The highest BCUT2D eigenvalue weighted by molar-refractivity contribution is 7.84. The summed E-state index contributed by atoms with van der Waals surface area (Å²) in [5.41, 5.74) is 2.51. The molecular formula is C21H18F2N4O2S. The number of anilines is 2. The van der Waals surface area contributed by atoms with E-state index in [4.69, 9.17) is 4.74 Å². The molecule has 2 aromatic heterocycles. The van der Waals surface area contributed by atoms with Crippen molar-refractivity contribution in [2.45, 2.75) is 11.8 Å². The molecule has 4 rings (SSSR count). The van der Waals surface area contributed by atoms with Gasteiger partial charge < -0.3 is 10.1 Å². The third kappa shape index (κ3) is 3.41. The Morgan fingerprint density at radius 3 is 2.63 bits per heavy atom.